The van der Waals surface area contributed by atoms with Crippen LogP contribution in [-0.2, 0) is 16.0 Å². The molecule has 1 aromatic rings. The second-order valence-electron chi connectivity index (χ2n) is 4.14. The molecule has 0 radical (unpaired) electrons. The van der Waals surface area contributed by atoms with Crippen LogP contribution in [0.1, 0.15) is 22.3 Å². The van der Waals surface area contributed by atoms with Gasteiger partial charge in [0.2, 0.25) is 5.91 Å². The summed E-state index contributed by atoms with van der Waals surface area (Å²) < 4.78 is 4.63. The van der Waals surface area contributed by atoms with Crippen LogP contribution in [0.5, 0.6) is 0 Å². The highest BCUT2D eigenvalue weighted by Crippen LogP contribution is 2.08. The number of halogens is 1. The van der Waals surface area contributed by atoms with Gasteiger partial charge in [-0.2, -0.15) is 0 Å². The summed E-state index contributed by atoms with van der Waals surface area (Å²) >= 11 is 0. The summed E-state index contributed by atoms with van der Waals surface area (Å²) in [7, 11) is 1.36. The lowest BCUT2D eigenvalue weighted by Gasteiger charge is -2.15. The predicted molar refractivity (Wildman–Crippen MR) is 73.1 cm³/mol. The van der Waals surface area contributed by atoms with E-state index in [0.29, 0.717) is 18.5 Å². The van der Waals surface area contributed by atoms with E-state index in [2.05, 4.69) is 10.2 Å². The third kappa shape index (κ3) is 3.94. The first-order valence-corrected chi connectivity index (χ1v) is 5.92. The summed E-state index contributed by atoms with van der Waals surface area (Å²) in [6.07, 6.45) is 1.33. The summed E-state index contributed by atoms with van der Waals surface area (Å²) in [5, 5.41) is 1.65. The monoisotopic (exact) mass is 284 g/mol. The SMILES string of the molecule is COC(=O)c1ccc(CCN2NCCC2=O)cc1.Cl. The third-order valence-corrected chi connectivity index (χ3v) is 2.94. The van der Waals surface area contributed by atoms with E-state index < -0.39 is 0 Å². The van der Waals surface area contributed by atoms with Crippen molar-refractivity contribution in [2.75, 3.05) is 20.2 Å². The molecule has 0 aliphatic carbocycles. The van der Waals surface area contributed by atoms with Gasteiger partial charge < -0.3 is 4.74 Å². The molecule has 0 unspecified atom stereocenters. The molecule has 1 aliphatic heterocycles. The van der Waals surface area contributed by atoms with Gasteiger partial charge in [-0.1, -0.05) is 12.1 Å². The molecule has 6 heteroatoms. The summed E-state index contributed by atoms with van der Waals surface area (Å²) in [4.78, 5) is 22.6. The number of carbonyl (C=O) groups excluding carboxylic acids is 2. The zero-order valence-electron chi connectivity index (χ0n) is 10.7. The second-order valence-corrected chi connectivity index (χ2v) is 4.14. The Labute approximate surface area is 118 Å². The lowest BCUT2D eigenvalue weighted by atomic mass is 10.1. The number of carbonyl (C=O) groups is 2. The molecule has 0 saturated carbocycles. The zero-order valence-corrected chi connectivity index (χ0v) is 11.5. The highest BCUT2D eigenvalue weighted by molar-refractivity contribution is 5.89. The Balaban J connectivity index is 0.00000180. The lowest BCUT2D eigenvalue weighted by molar-refractivity contribution is -0.129. The van der Waals surface area contributed by atoms with Gasteiger partial charge in [0.05, 0.1) is 12.7 Å². The Bertz CT molecular complexity index is 448. The third-order valence-electron chi connectivity index (χ3n) is 2.94. The first-order chi connectivity index (χ1) is 8.70. The number of hydrogen-bond acceptors (Lipinski definition) is 4. The highest BCUT2D eigenvalue weighted by Gasteiger charge is 2.18. The quantitative estimate of drug-likeness (QED) is 0.844. The van der Waals surface area contributed by atoms with Crippen LogP contribution >= 0.6 is 12.4 Å². The number of ether oxygens (including phenoxy) is 1. The van der Waals surface area contributed by atoms with Crippen LogP contribution in [0.2, 0.25) is 0 Å². The van der Waals surface area contributed by atoms with Gasteiger partial charge in [0.25, 0.3) is 0 Å². The number of hydrogen-bond donors (Lipinski definition) is 1. The summed E-state index contributed by atoms with van der Waals surface area (Å²) in [6.45, 7) is 1.37. The molecule has 1 heterocycles. The minimum absolute atomic E-state index is 0. The van der Waals surface area contributed by atoms with Gasteiger partial charge in [-0.25, -0.2) is 10.2 Å². The highest BCUT2D eigenvalue weighted by atomic mass is 35.5. The number of benzene rings is 1. The van der Waals surface area contributed by atoms with E-state index in [0.717, 1.165) is 18.5 Å². The Morgan fingerprint density at radius 3 is 2.58 bits per heavy atom. The number of nitrogens with zero attached hydrogens (tertiary/aromatic N) is 1. The fourth-order valence-electron chi connectivity index (χ4n) is 1.89. The molecule has 5 nitrogen and oxygen atoms in total. The first kappa shape index (κ1) is 15.5. The molecule has 104 valence electrons. The smallest absolute Gasteiger partial charge is 0.337 e. The Hall–Kier alpha value is -1.59. The van der Waals surface area contributed by atoms with E-state index in [4.69, 9.17) is 0 Å². The van der Waals surface area contributed by atoms with Crippen molar-refractivity contribution >= 4 is 24.3 Å². The van der Waals surface area contributed by atoms with Gasteiger partial charge in [0.15, 0.2) is 0 Å². The molecule has 19 heavy (non-hydrogen) atoms. The Kier molecular flexibility index (Phi) is 5.79. The molecule has 1 aliphatic rings. The van der Waals surface area contributed by atoms with Gasteiger partial charge in [-0.05, 0) is 24.1 Å². The van der Waals surface area contributed by atoms with Gasteiger partial charge >= 0.3 is 5.97 Å². The van der Waals surface area contributed by atoms with Crippen molar-refractivity contribution in [2.45, 2.75) is 12.8 Å². The van der Waals surface area contributed by atoms with Crippen LogP contribution in [0.15, 0.2) is 24.3 Å². The number of amides is 1. The van der Waals surface area contributed by atoms with E-state index in [1.54, 1.807) is 17.1 Å². The van der Waals surface area contributed by atoms with Crippen LogP contribution in [-0.4, -0.2) is 37.1 Å². The van der Waals surface area contributed by atoms with Crippen molar-refractivity contribution in [2.24, 2.45) is 0 Å². The molecule has 0 spiro atoms. The fourth-order valence-corrected chi connectivity index (χ4v) is 1.89. The van der Waals surface area contributed by atoms with E-state index in [1.165, 1.54) is 7.11 Å². The number of esters is 1. The number of rotatable bonds is 4. The van der Waals surface area contributed by atoms with E-state index in [1.807, 2.05) is 12.1 Å². The molecule has 1 amide bonds. The van der Waals surface area contributed by atoms with Crippen molar-refractivity contribution in [1.82, 2.24) is 10.4 Å². The minimum Gasteiger partial charge on any atom is -0.465 e. The molecule has 1 aromatic carbocycles. The van der Waals surface area contributed by atoms with Crippen molar-refractivity contribution in [3.8, 4) is 0 Å². The van der Waals surface area contributed by atoms with Crippen LogP contribution in [0.25, 0.3) is 0 Å². The maximum Gasteiger partial charge on any atom is 0.337 e. The van der Waals surface area contributed by atoms with Crippen molar-refractivity contribution in [3.63, 3.8) is 0 Å². The maximum atomic E-state index is 11.4. The molecule has 0 bridgehead atoms. The van der Waals surface area contributed by atoms with E-state index >= 15 is 0 Å². The number of nitrogens with one attached hydrogen (secondary N) is 1. The maximum absolute atomic E-state index is 11.4. The van der Waals surface area contributed by atoms with E-state index in [-0.39, 0.29) is 24.3 Å². The van der Waals surface area contributed by atoms with Gasteiger partial charge in [-0.15, -0.1) is 12.4 Å². The largest absolute Gasteiger partial charge is 0.465 e. The van der Waals surface area contributed by atoms with Crippen LogP contribution in [0.4, 0.5) is 0 Å². The van der Waals surface area contributed by atoms with Crippen molar-refractivity contribution < 1.29 is 14.3 Å². The number of methoxy groups -OCH3 is 1. The predicted octanol–water partition coefficient (Wildman–Crippen LogP) is 1.17. The Morgan fingerprint density at radius 1 is 1.37 bits per heavy atom. The summed E-state index contributed by atoms with van der Waals surface area (Å²) in [5.41, 5.74) is 4.65. The van der Waals surface area contributed by atoms with Crippen LogP contribution < -0.4 is 5.43 Å². The van der Waals surface area contributed by atoms with Crippen LogP contribution in [0.3, 0.4) is 0 Å². The summed E-state index contributed by atoms with van der Waals surface area (Å²) in [5.74, 6) is -0.195. The minimum atomic E-state index is -0.335. The molecule has 1 saturated heterocycles. The first-order valence-electron chi connectivity index (χ1n) is 5.92. The topological polar surface area (TPSA) is 58.6 Å². The standard InChI is InChI=1S/C13H16N2O3.ClH/c1-18-13(17)11-4-2-10(3-5-11)7-9-15-12(16)6-8-14-15;/h2-5,14H,6-9H2,1H3;1H. The molecule has 1 N–H and O–H groups in total. The lowest BCUT2D eigenvalue weighted by Crippen LogP contribution is -2.35. The van der Waals surface area contributed by atoms with E-state index in [9.17, 15) is 9.59 Å². The van der Waals surface area contributed by atoms with Gasteiger partial charge in [0.1, 0.15) is 0 Å². The molecular weight excluding hydrogens is 268 g/mol. The molecular formula is C13H17ClN2O3. The fraction of sp³-hybridized carbons (Fsp3) is 0.385. The van der Waals surface area contributed by atoms with Crippen LogP contribution in [0, 0.1) is 0 Å². The van der Waals surface area contributed by atoms with Gasteiger partial charge in [0, 0.05) is 19.5 Å². The number of hydrazine groups is 1. The average molecular weight is 285 g/mol. The normalized spacial score (nSPS) is 14.2. The average Bonchev–Trinajstić information content (AvgIpc) is 2.81. The Morgan fingerprint density at radius 2 is 2.05 bits per heavy atom. The van der Waals surface area contributed by atoms with Crippen molar-refractivity contribution in [3.05, 3.63) is 35.4 Å². The molecule has 0 atom stereocenters. The summed E-state index contributed by atoms with van der Waals surface area (Å²) in [6, 6.07) is 7.24. The zero-order chi connectivity index (χ0) is 13.0. The molecule has 2 rings (SSSR count). The van der Waals surface area contributed by atoms with Gasteiger partial charge in [-0.3, -0.25) is 9.80 Å². The molecule has 1 fully saturated rings. The van der Waals surface area contributed by atoms with Crippen molar-refractivity contribution in [1.29, 1.82) is 0 Å². The second kappa shape index (κ2) is 7.11. The molecule has 0 aromatic heterocycles.